The minimum atomic E-state index is 0.119. The summed E-state index contributed by atoms with van der Waals surface area (Å²) in [6, 6.07) is 8.09. The van der Waals surface area contributed by atoms with Crippen LogP contribution in [-0.4, -0.2) is 18.3 Å². The van der Waals surface area contributed by atoms with Crippen LogP contribution in [0.15, 0.2) is 24.3 Å². The average Bonchev–Trinajstić information content (AvgIpc) is 2.43. The number of benzene rings is 1. The maximum Gasteiger partial charge on any atom is 0.0717 e. The predicted molar refractivity (Wildman–Crippen MR) is 78.8 cm³/mol. The van der Waals surface area contributed by atoms with Gasteiger partial charge in [0.15, 0.2) is 0 Å². The Morgan fingerprint density at radius 1 is 1.21 bits per heavy atom. The molecule has 2 nitrogen and oxygen atoms in total. The van der Waals surface area contributed by atoms with E-state index < -0.39 is 0 Å². The Labute approximate surface area is 116 Å². The van der Waals surface area contributed by atoms with E-state index in [1.807, 2.05) is 12.1 Å². The van der Waals surface area contributed by atoms with Crippen LogP contribution in [0.2, 0.25) is 0 Å². The zero-order valence-electron chi connectivity index (χ0n) is 11.8. The first-order chi connectivity index (χ1) is 9.36. The zero-order chi connectivity index (χ0) is 13.8. The molecule has 0 amide bonds. The third-order valence-electron chi connectivity index (χ3n) is 2.81. The van der Waals surface area contributed by atoms with E-state index in [1.165, 1.54) is 19.3 Å². The second kappa shape index (κ2) is 10.6. The third kappa shape index (κ3) is 7.66. The molecule has 0 fully saturated rings. The summed E-state index contributed by atoms with van der Waals surface area (Å²) in [5.74, 6) is 5.97. The SMILES string of the molecule is CCCCCCOCc1cccc(C#CCCO)c1. The topological polar surface area (TPSA) is 29.5 Å². The second-order valence-electron chi connectivity index (χ2n) is 4.59. The van der Waals surface area contributed by atoms with Gasteiger partial charge >= 0.3 is 0 Å². The van der Waals surface area contributed by atoms with Crippen LogP contribution in [0.3, 0.4) is 0 Å². The lowest BCUT2D eigenvalue weighted by Crippen LogP contribution is -1.96. The third-order valence-corrected chi connectivity index (χ3v) is 2.81. The summed E-state index contributed by atoms with van der Waals surface area (Å²) in [5.41, 5.74) is 2.15. The molecule has 0 bridgehead atoms. The van der Waals surface area contributed by atoms with E-state index in [0.29, 0.717) is 13.0 Å². The van der Waals surface area contributed by atoms with E-state index in [4.69, 9.17) is 9.84 Å². The van der Waals surface area contributed by atoms with Gasteiger partial charge in [-0.3, -0.25) is 0 Å². The number of hydrogen-bond acceptors (Lipinski definition) is 2. The Balaban J connectivity index is 2.30. The minimum Gasteiger partial charge on any atom is -0.395 e. The van der Waals surface area contributed by atoms with Crippen LogP contribution >= 0.6 is 0 Å². The molecule has 1 aromatic carbocycles. The molecule has 19 heavy (non-hydrogen) atoms. The summed E-state index contributed by atoms with van der Waals surface area (Å²) in [4.78, 5) is 0. The fourth-order valence-corrected chi connectivity index (χ4v) is 1.78. The fraction of sp³-hybridized carbons (Fsp3) is 0.529. The molecule has 0 saturated carbocycles. The van der Waals surface area contributed by atoms with Crippen LogP contribution < -0.4 is 0 Å². The number of aliphatic hydroxyl groups excluding tert-OH is 1. The Morgan fingerprint density at radius 3 is 2.89 bits per heavy atom. The molecule has 0 saturated heterocycles. The Hall–Kier alpha value is -1.30. The number of rotatable bonds is 8. The van der Waals surface area contributed by atoms with E-state index >= 15 is 0 Å². The van der Waals surface area contributed by atoms with E-state index in [1.54, 1.807) is 0 Å². The molecule has 0 aliphatic carbocycles. The van der Waals surface area contributed by atoms with Crippen LogP contribution in [0.4, 0.5) is 0 Å². The molecule has 104 valence electrons. The van der Waals surface area contributed by atoms with Crippen molar-refractivity contribution >= 4 is 0 Å². The molecule has 0 aliphatic rings. The van der Waals surface area contributed by atoms with Gasteiger partial charge in [-0.25, -0.2) is 0 Å². The second-order valence-corrected chi connectivity index (χ2v) is 4.59. The summed E-state index contributed by atoms with van der Waals surface area (Å²) in [7, 11) is 0. The minimum absolute atomic E-state index is 0.119. The van der Waals surface area contributed by atoms with Crippen molar-refractivity contribution in [1.82, 2.24) is 0 Å². The normalized spacial score (nSPS) is 10.0. The van der Waals surface area contributed by atoms with Gasteiger partial charge in [0.05, 0.1) is 13.2 Å². The molecule has 0 aromatic heterocycles. The van der Waals surface area contributed by atoms with Crippen molar-refractivity contribution in [2.75, 3.05) is 13.2 Å². The van der Waals surface area contributed by atoms with Crippen LogP contribution in [0.25, 0.3) is 0 Å². The van der Waals surface area contributed by atoms with Crippen molar-refractivity contribution in [1.29, 1.82) is 0 Å². The van der Waals surface area contributed by atoms with E-state index in [0.717, 1.165) is 24.2 Å². The smallest absolute Gasteiger partial charge is 0.0717 e. The Morgan fingerprint density at radius 2 is 2.11 bits per heavy atom. The monoisotopic (exact) mass is 260 g/mol. The highest BCUT2D eigenvalue weighted by Crippen LogP contribution is 2.07. The molecular weight excluding hydrogens is 236 g/mol. The molecule has 0 atom stereocenters. The molecule has 2 heteroatoms. The maximum atomic E-state index is 8.68. The van der Waals surface area contributed by atoms with Crippen molar-refractivity contribution in [3.8, 4) is 11.8 Å². The standard InChI is InChI=1S/C17H24O2/c1-2-3-4-7-13-19-15-17-11-8-10-16(14-17)9-5-6-12-18/h8,10-11,14,18H,2-4,6-7,12-13,15H2,1H3. The van der Waals surface area contributed by atoms with Crippen LogP contribution in [0.1, 0.15) is 50.2 Å². The van der Waals surface area contributed by atoms with Gasteiger partial charge in [0.1, 0.15) is 0 Å². The van der Waals surface area contributed by atoms with Crippen LogP contribution in [-0.2, 0) is 11.3 Å². The number of aliphatic hydroxyl groups is 1. The quantitative estimate of drug-likeness (QED) is 0.572. The van der Waals surface area contributed by atoms with Gasteiger partial charge in [-0.2, -0.15) is 0 Å². The Bertz CT molecular complexity index is 401. The molecule has 0 aliphatic heterocycles. The van der Waals surface area contributed by atoms with E-state index in [2.05, 4.69) is 30.9 Å². The average molecular weight is 260 g/mol. The van der Waals surface area contributed by atoms with Gasteiger partial charge in [0.2, 0.25) is 0 Å². The maximum absolute atomic E-state index is 8.68. The molecule has 1 rings (SSSR count). The van der Waals surface area contributed by atoms with Crippen molar-refractivity contribution in [3.05, 3.63) is 35.4 Å². The van der Waals surface area contributed by atoms with Gasteiger partial charge in [-0.05, 0) is 24.1 Å². The van der Waals surface area contributed by atoms with Crippen molar-refractivity contribution in [2.24, 2.45) is 0 Å². The lowest BCUT2D eigenvalue weighted by molar-refractivity contribution is 0.117. The predicted octanol–water partition coefficient (Wildman–Crippen LogP) is 3.52. The number of ether oxygens (including phenoxy) is 1. The molecular formula is C17H24O2. The molecule has 0 unspecified atom stereocenters. The van der Waals surface area contributed by atoms with E-state index in [9.17, 15) is 0 Å². The lowest BCUT2D eigenvalue weighted by atomic mass is 10.1. The first kappa shape index (κ1) is 15.8. The fourth-order valence-electron chi connectivity index (χ4n) is 1.78. The van der Waals surface area contributed by atoms with Gasteiger partial charge in [-0.15, -0.1) is 0 Å². The summed E-state index contributed by atoms with van der Waals surface area (Å²) >= 11 is 0. The van der Waals surface area contributed by atoms with Gasteiger partial charge < -0.3 is 9.84 Å². The zero-order valence-corrected chi connectivity index (χ0v) is 11.8. The highest BCUT2D eigenvalue weighted by Gasteiger charge is 1.95. The molecule has 1 N–H and O–H groups in total. The largest absolute Gasteiger partial charge is 0.395 e. The number of unbranched alkanes of at least 4 members (excludes halogenated alkanes) is 3. The first-order valence-corrected chi connectivity index (χ1v) is 7.13. The van der Waals surface area contributed by atoms with Gasteiger partial charge in [0, 0.05) is 18.6 Å². The van der Waals surface area contributed by atoms with Gasteiger partial charge in [0.25, 0.3) is 0 Å². The molecule has 0 heterocycles. The van der Waals surface area contributed by atoms with Crippen LogP contribution in [0, 0.1) is 11.8 Å². The van der Waals surface area contributed by atoms with Crippen LogP contribution in [0.5, 0.6) is 0 Å². The van der Waals surface area contributed by atoms with E-state index in [-0.39, 0.29) is 6.61 Å². The van der Waals surface area contributed by atoms with Gasteiger partial charge in [-0.1, -0.05) is 50.2 Å². The first-order valence-electron chi connectivity index (χ1n) is 7.13. The Kier molecular flexibility index (Phi) is 8.80. The van der Waals surface area contributed by atoms with Crippen molar-refractivity contribution in [3.63, 3.8) is 0 Å². The summed E-state index contributed by atoms with van der Waals surface area (Å²) in [6.45, 7) is 3.82. The molecule has 0 spiro atoms. The summed E-state index contributed by atoms with van der Waals surface area (Å²) in [5, 5.41) is 8.68. The van der Waals surface area contributed by atoms with Crippen molar-refractivity contribution < 1.29 is 9.84 Å². The highest BCUT2D eigenvalue weighted by molar-refractivity contribution is 5.36. The van der Waals surface area contributed by atoms with Crippen molar-refractivity contribution in [2.45, 2.75) is 45.6 Å². The number of hydrogen-bond donors (Lipinski definition) is 1. The molecule has 1 aromatic rings. The lowest BCUT2D eigenvalue weighted by Gasteiger charge is -2.04. The summed E-state index contributed by atoms with van der Waals surface area (Å²) in [6.07, 6.45) is 5.47. The molecule has 0 radical (unpaired) electrons. The summed E-state index contributed by atoms with van der Waals surface area (Å²) < 4.78 is 5.66. The highest BCUT2D eigenvalue weighted by atomic mass is 16.5.